The molecule has 0 N–H and O–H groups in total. The van der Waals surface area contributed by atoms with Gasteiger partial charge in [-0.15, -0.1) is 0 Å². The molecule has 0 spiro atoms. The molecule has 0 unspecified atom stereocenters. The standard InChI is InChI=1S/C25H18Br2FNO3S/c26-20-12-18(13-21(27)23(20)32-15-17-7-4-8-19(28)11-17)14-22-24(30)29(25(31)33-22)10-9-16-5-2-1-3-6-16/h1-8,11-14H,9-10,15H2/b22-14-. The van der Waals surface area contributed by atoms with Gasteiger partial charge in [0.05, 0.1) is 13.9 Å². The van der Waals surface area contributed by atoms with Gasteiger partial charge in [0.25, 0.3) is 11.1 Å². The normalized spacial score (nSPS) is 14.9. The number of imide groups is 1. The van der Waals surface area contributed by atoms with Gasteiger partial charge in [0.15, 0.2) is 0 Å². The summed E-state index contributed by atoms with van der Waals surface area (Å²) in [5, 5.41) is -0.268. The number of amides is 2. The van der Waals surface area contributed by atoms with Crippen molar-refractivity contribution in [2.75, 3.05) is 6.54 Å². The van der Waals surface area contributed by atoms with E-state index in [2.05, 4.69) is 31.9 Å². The Hall–Kier alpha value is -2.42. The SMILES string of the molecule is O=C1S/C(=C\c2cc(Br)c(OCc3cccc(F)c3)c(Br)c2)C(=O)N1CCc1ccccc1. The average molecular weight is 591 g/mol. The first kappa shape index (κ1) is 23.7. The van der Waals surface area contributed by atoms with Gasteiger partial charge in [0.1, 0.15) is 18.2 Å². The van der Waals surface area contributed by atoms with Gasteiger partial charge in [-0.3, -0.25) is 14.5 Å². The first-order valence-corrected chi connectivity index (χ1v) is 12.5. The summed E-state index contributed by atoms with van der Waals surface area (Å²) in [7, 11) is 0. The number of halogens is 3. The Kier molecular flexibility index (Phi) is 7.67. The lowest BCUT2D eigenvalue weighted by molar-refractivity contribution is -0.122. The van der Waals surface area contributed by atoms with Crippen LogP contribution in [-0.4, -0.2) is 22.6 Å². The molecule has 8 heteroatoms. The summed E-state index contributed by atoms with van der Waals surface area (Å²) in [5.74, 6) is -0.0470. The third-order valence-electron chi connectivity index (χ3n) is 4.93. The fraction of sp³-hybridized carbons (Fsp3) is 0.120. The van der Waals surface area contributed by atoms with Crippen molar-refractivity contribution in [2.24, 2.45) is 0 Å². The Bertz CT molecular complexity index is 1210. The van der Waals surface area contributed by atoms with E-state index in [9.17, 15) is 14.0 Å². The second-order valence-corrected chi connectivity index (χ2v) is 10.0. The lowest BCUT2D eigenvalue weighted by Gasteiger charge is -2.12. The van der Waals surface area contributed by atoms with Crippen LogP contribution in [-0.2, 0) is 17.8 Å². The van der Waals surface area contributed by atoms with Crippen molar-refractivity contribution in [2.45, 2.75) is 13.0 Å². The maximum atomic E-state index is 13.4. The van der Waals surface area contributed by atoms with Crippen LogP contribution in [0.4, 0.5) is 9.18 Å². The van der Waals surface area contributed by atoms with Crippen molar-refractivity contribution < 1.29 is 18.7 Å². The number of carbonyl (C=O) groups is 2. The second kappa shape index (κ2) is 10.7. The molecule has 1 aliphatic heterocycles. The lowest BCUT2D eigenvalue weighted by atomic mass is 10.1. The molecule has 1 saturated heterocycles. The van der Waals surface area contributed by atoms with Crippen LogP contribution >= 0.6 is 43.6 Å². The zero-order valence-electron chi connectivity index (χ0n) is 17.3. The van der Waals surface area contributed by atoms with Crippen LogP contribution in [0.25, 0.3) is 6.08 Å². The number of carbonyl (C=O) groups excluding carboxylic acids is 2. The van der Waals surface area contributed by atoms with E-state index < -0.39 is 0 Å². The zero-order valence-corrected chi connectivity index (χ0v) is 21.3. The highest BCUT2D eigenvalue weighted by Crippen LogP contribution is 2.38. The zero-order chi connectivity index (χ0) is 23.4. The monoisotopic (exact) mass is 589 g/mol. The summed E-state index contributed by atoms with van der Waals surface area (Å²) >= 11 is 7.93. The molecule has 33 heavy (non-hydrogen) atoms. The molecule has 0 aromatic heterocycles. The van der Waals surface area contributed by atoms with Gasteiger partial charge >= 0.3 is 0 Å². The van der Waals surface area contributed by atoms with Crippen molar-refractivity contribution in [3.63, 3.8) is 0 Å². The molecule has 0 aliphatic carbocycles. The largest absolute Gasteiger partial charge is 0.487 e. The molecule has 3 aromatic rings. The number of benzene rings is 3. The molecule has 168 valence electrons. The number of hydrogen-bond donors (Lipinski definition) is 0. The molecule has 4 nitrogen and oxygen atoms in total. The van der Waals surface area contributed by atoms with E-state index >= 15 is 0 Å². The maximum Gasteiger partial charge on any atom is 0.293 e. The van der Waals surface area contributed by atoms with Crippen LogP contribution in [0.1, 0.15) is 16.7 Å². The Morgan fingerprint density at radius 2 is 1.64 bits per heavy atom. The predicted molar refractivity (Wildman–Crippen MR) is 135 cm³/mol. The molecule has 1 aliphatic rings. The quantitative estimate of drug-likeness (QED) is 0.273. The Morgan fingerprint density at radius 3 is 2.33 bits per heavy atom. The highest BCUT2D eigenvalue weighted by molar-refractivity contribution is 9.11. The summed E-state index contributed by atoms with van der Waals surface area (Å²) in [5.41, 5.74) is 2.52. The van der Waals surface area contributed by atoms with Gasteiger partial charge in [-0.25, -0.2) is 4.39 Å². The number of ether oxygens (including phenoxy) is 1. The molecule has 0 radical (unpaired) electrons. The van der Waals surface area contributed by atoms with E-state index in [-0.39, 0.29) is 23.6 Å². The van der Waals surface area contributed by atoms with Crippen molar-refractivity contribution in [1.29, 1.82) is 0 Å². The van der Waals surface area contributed by atoms with Gasteiger partial charge < -0.3 is 4.74 Å². The highest BCUT2D eigenvalue weighted by atomic mass is 79.9. The Balaban J connectivity index is 1.46. The van der Waals surface area contributed by atoms with Crippen LogP contribution in [0.3, 0.4) is 0 Å². The van der Waals surface area contributed by atoms with Crippen LogP contribution < -0.4 is 4.74 Å². The summed E-state index contributed by atoms with van der Waals surface area (Å²) in [4.78, 5) is 26.9. The van der Waals surface area contributed by atoms with E-state index in [1.807, 2.05) is 42.5 Å². The van der Waals surface area contributed by atoms with Crippen LogP contribution in [0.2, 0.25) is 0 Å². The second-order valence-electron chi connectivity index (χ2n) is 7.30. The van der Waals surface area contributed by atoms with E-state index in [0.717, 1.165) is 22.9 Å². The van der Waals surface area contributed by atoms with E-state index in [4.69, 9.17) is 4.74 Å². The lowest BCUT2D eigenvalue weighted by Crippen LogP contribution is -2.30. The molecule has 0 bridgehead atoms. The fourth-order valence-corrected chi connectivity index (χ4v) is 5.63. The summed E-state index contributed by atoms with van der Waals surface area (Å²) in [6, 6.07) is 19.6. The number of thioether (sulfide) groups is 1. The molecular formula is C25H18Br2FNO3S. The smallest absolute Gasteiger partial charge is 0.293 e. The molecular weight excluding hydrogens is 573 g/mol. The minimum atomic E-state index is -0.317. The highest BCUT2D eigenvalue weighted by Gasteiger charge is 2.34. The van der Waals surface area contributed by atoms with Gasteiger partial charge in [-0.05, 0) is 97.1 Å². The van der Waals surface area contributed by atoms with E-state index in [1.165, 1.54) is 17.0 Å². The molecule has 4 rings (SSSR count). The first-order chi connectivity index (χ1) is 15.9. The van der Waals surface area contributed by atoms with E-state index in [1.54, 1.807) is 18.2 Å². The molecule has 3 aromatic carbocycles. The van der Waals surface area contributed by atoms with Crippen LogP contribution in [0.5, 0.6) is 5.75 Å². The van der Waals surface area contributed by atoms with Crippen LogP contribution in [0, 0.1) is 5.82 Å². The average Bonchev–Trinajstić information content (AvgIpc) is 3.04. The maximum absolute atomic E-state index is 13.4. The Morgan fingerprint density at radius 1 is 0.939 bits per heavy atom. The number of nitrogens with zero attached hydrogens (tertiary/aromatic N) is 1. The summed E-state index contributed by atoms with van der Waals surface area (Å²) in [6.45, 7) is 0.543. The minimum absolute atomic E-state index is 0.203. The summed E-state index contributed by atoms with van der Waals surface area (Å²) in [6.07, 6.45) is 2.31. The van der Waals surface area contributed by atoms with Crippen LogP contribution in [0.15, 0.2) is 80.6 Å². The fourth-order valence-electron chi connectivity index (χ4n) is 3.31. The van der Waals surface area contributed by atoms with Crippen molar-refractivity contribution in [3.8, 4) is 5.75 Å². The minimum Gasteiger partial charge on any atom is -0.487 e. The van der Waals surface area contributed by atoms with E-state index in [0.29, 0.717) is 38.1 Å². The van der Waals surface area contributed by atoms with Gasteiger partial charge in [-0.2, -0.15) is 0 Å². The molecule has 1 fully saturated rings. The van der Waals surface area contributed by atoms with Crippen molar-refractivity contribution in [1.82, 2.24) is 4.90 Å². The van der Waals surface area contributed by atoms with Crippen molar-refractivity contribution >= 4 is 60.8 Å². The molecule has 0 saturated carbocycles. The van der Waals surface area contributed by atoms with Gasteiger partial charge in [0.2, 0.25) is 0 Å². The number of hydrogen-bond acceptors (Lipinski definition) is 4. The first-order valence-electron chi connectivity index (χ1n) is 10.1. The molecule has 0 atom stereocenters. The van der Waals surface area contributed by atoms with Gasteiger partial charge in [-0.1, -0.05) is 42.5 Å². The third kappa shape index (κ3) is 5.93. The number of rotatable bonds is 7. The predicted octanol–water partition coefficient (Wildman–Crippen LogP) is 7.21. The molecule has 2 amide bonds. The topological polar surface area (TPSA) is 46.6 Å². The Labute approximate surface area is 212 Å². The third-order valence-corrected chi connectivity index (χ3v) is 7.02. The van der Waals surface area contributed by atoms with Crippen molar-refractivity contribution in [3.05, 3.63) is 103 Å². The van der Waals surface area contributed by atoms with Gasteiger partial charge in [0, 0.05) is 6.54 Å². The summed E-state index contributed by atoms with van der Waals surface area (Å²) < 4.78 is 20.6. The molecule has 1 heterocycles.